The number of hydrogen-bond acceptors (Lipinski definition) is 1. The molecule has 0 aromatic carbocycles. The van der Waals surface area contributed by atoms with Crippen LogP contribution >= 0.6 is 0 Å². The van der Waals surface area contributed by atoms with Crippen LogP contribution in [-0.4, -0.2) is 14.4 Å². The maximum absolute atomic E-state index is 3.49. The van der Waals surface area contributed by atoms with Crippen LogP contribution in [-0.2, 0) is 0 Å². The van der Waals surface area contributed by atoms with Crippen molar-refractivity contribution in [2.45, 2.75) is 47.9 Å². The van der Waals surface area contributed by atoms with Gasteiger partial charge in [0.05, 0.1) is 0 Å². The van der Waals surface area contributed by atoms with Gasteiger partial charge in [0.15, 0.2) is 0 Å². The number of allylic oxidation sites excluding steroid dienone is 1. The van der Waals surface area contributed by atoms with Crippen molar-refractivity contribution in [3.63, 3.8) is 0 Å². The Balaban J connectivity index is 1.49. The Hall–Kier alpha value is 0.270. The summed E-state index contributed by atoms with van der Waals surface area (Å²) in [5, 5.41) is 3.49. The van der Waals surface area contributed by atoms with Gasteiger partial charge in [0.2, 0.25) is 0 Å². The molecule has 1 nitrogen and oxygen atoms in total. The van der Waals surface area contributed by atoms with E-state index in [0.717, 1.165) is 19.7 Å². The van der Waals surface area contributed by atoms with Crippen molar-refractivity contribution in [1.82, 2.24) is 5.32 Å². The van der Waals surface area contributed by atoms with Crippen molar-refractivity contribution in [2.24, 2.45) is 11.8 Å². The summed E-state index contributed by atoms with van der Waals surface area (Å²) in [6, 6.07) is 0. The van der Waals surface area contributed by atoms with Crippen molar-refractivity contribution in [3.05, 3.63) is 11.8 Å². The molecule has 3 unspecified atom stereocenters. The van der Waals surface area contributed by atoms with Crippen LogP contribution in [0.3, 0.4) is 0 Å². The third-order valence-corrected chi connectivity index (χ3v) is 7.44. The van der Waals surface area contributed by atoms with Gasteiger partial charge in [-0.1, -0.05) is 0 Å². The first-order valence-corrected chi connectivity index (χ1v) is 8.76. The molecule has 0 saturated heterocycles. The third kappa shape index (κ3) is 3.36. The fourth-order valence-corrected chi connectivity index (χ4v) is 5.19. The summed E-state index contributed by atoms with van der Waals surface area (Å²) in [6.07, 6.45) is 6.53. The Bertz CT molecular complexity index is 239. The van der Waals surface area contributed by atoms with E-state index in [1.807, 2.05) is 0 Å². The molecule has 15 heavy (non-hydrogen) atoms. The molecule has 2 heteroatoms. The van der Waals surface area contributed by atoms with Gasteiger partial charge in [0.25, 0.3) is 0 Å². The summed E-state index contributed by atoms with van der Waals surface area (Å²) in [4.78, 5) is 0. The van der Waals surface area contributed by atoms with E-state index in [1.165, 1.54) is 25.8 Å². The molecule has 0 amide bonds. The summed E-state index contributed by atoms with van der Waals surface area (Å²) in [5.41, 5.74) is 1.71. The molecule has 2 aliphatic rings. The zero-order chi connectivity index (χ0) is 10.8. The van der Waals surface area contributed by atoms with Crippen molar-refractivity contribution >= 4 is 0 Å². The molecule has 4 atom stereocenters. The van der Waals surface area contributed by atoms with E-state index in [-0.39, 0.29) is 0 Å². The minimum atomic E-state index is 0.420. The van der Waals surface area contributed by atoms with E-state index in [1.54, 1.807) is 5.57 Å². The molecule has 2 rings (SSSR count). The number of rotatable bonds is 7. The zero-order valence-electron chi connectivity index (χ0n) is 10.1. The predicted molar refractivity (Wildman–Crippen MR) is 61.5 cm³/mol. The fourth-order valence-electron chi connectivity index (χ4n) is 1.92. The van der Waals surface area contributed by atoms with Crippen LogP contribution in [0.1, 0.15) is 40.0 Å². The number of alkyl halides is 2. The van der Waals surface area contributed by atoms with Gasteiger partial charge in [-0.25, -0.2) is 0 Å². The molecule has 0 bridgehead atoms. The quantitative estimate of drug-likeness (QED) is 0.388. The molecule has 0 aromatic rings. The number of nitrogens with one attached hydrogen (secondary N) is 1. The topological polar surface area (TPSA) is 12.0 Å². The van der Waals surface area contributed by atoms with Crippen LogP contribution in [0.5, 0.6) is 0 Å². The molecule has 0 aliphatic heterocycles. The van der Waals surface area contributed by atoms with Gasteiger partial charge in [-0.05, 0) is 0 Å². The molecule has 1 N–H and O–H groups in total. The van der Waals surface area contributed by atoms with E-state index < -0.39 is 0 Å². The standard InChI is InChI=1S/C13H23IN/c1-4-9(2)14-10(3)5-6-15-8-13-11-7-12(11)13/h8-12,15H,4-7H2,1-3H3/q-1/t9-,10?,11?,12?/m0/s1. The SMILES string of the molecule is CC[C@H](C)[I-]C(C)CCNC=C1C2CC12. The van der Waals surface area contributed by atoms with Crippen molar-refractivity contribution < 1.29 is 21.2 Å². The first kappa shape index (κ1) is 11.7. The maximum atomic E-state index is 3.49. The second kappa shape index (κ2) is 5.07. The van der Waals surface area contributed by atoms with Crippen LogP contribution in [0.4, 0.5) is 0 Å². The Morgan fingerprint density at radius 3 is 2.67 bits per heavy atom. The van der Waals surface area contributed by atoms with E-state index >= 15 is 0 Å². The van der Waals surface area contributed by atoms with Crippen LogP contribution in [0, 0.1) is 11.8 Å². The summed E-state index contributed by atoms with van der Waals surface area (Å²) in [7, 11) is 0. The number of halogens is 1. The number of fused-ring (bicyclic) bond motifs is 1. The van der Waals surface area contributed by atoms with E-state index in [4.69, 9.17) is 0 Å². The molecular weight excluding hydrogens is 297 g/mol. The molecule has 0 heterocycles. The van der Waals surface area contributed by atoms with Crippen molar-refractivity contribution in [3.8, 4) is 0 Å². The Morgan fingerprint density at radius 1 is 1.40 bits per heavy atom. The minimum absolute atomic E-state index is 0.420. The van der Waals surface area contributed by atoms with E-state index in [9.17, 15) is 0 Å². The monoisotopic (exact) mass is 320 g/mol. The summed E-state index contributed by atoms with van der Waals surface area (Å²) < 4.78 is 1.99. The molecule has 2 aliphatic carbocycles. The zero-order valence-corrected chi connectivity index (χ0v) is 12.3. The van der Waals surface area contributed by atoms with Gasteiger partial charge in [-0.15, -0.1) is 0 Å². The Labute approximate surface area is 104 Å². The molecule has 0 aromatic heterocycles. The van der Waals surface area contributed by atoms with Gasteiger partial charge in [-0.3, -0.25) is 0 Å². The second-order valence-electron chi connectivity index (χ2n) is 4.93. The van der Waals surface area contributed by atoms with Crippen LogP contribution in [0.2, 0.25) is 0 Å². The fraction of sp³-hybridized carbons (Fsp3) is 0.846. The molecule has 0 radical (unpaired) electrons. The predicted octanol–water partition coefficient (Wildman–Crippen LogP) is -0.224. The van der Waals surface area contributed by atoms with Gasteiger partial charge < -0.3 is 0 Å². The van der Waals surface area contributed by atoms with Gasteiger partial charge >= 0.3 is 105 Å². The molecule has 0 spiro atoms. The van der Waals surface area contributed by atoms with Crippen LogP contribution in [0.15, 0.2) is 11.8 Å². The van der Waals surface area contributed by atoms with Crippen LogP contribution < -0.4 is 26.5 Å². The third-order valence-electron chi connectivity index (χ3n) is 3.49. The normalized spacial score (nSPS) is 30.7. The van der Waals surface area contributed by atoms with Crippen molar-refractivity contribution in [1.29, 1.82) is 0 Å². The van der Waals surface area contributed by atoms with E-state index in [0.29, 0.717) is 21.2 Å². The first-order chi connectivity index (χ1) is 7.22. The first-order valence-electron chi connectivity index (χ1n) is 6.27. The summed E-state index contributed by atoms with van der Waals surface area (Å²) >= 11 is 0.420. The van der Waals surface area contributed by atoms with Crippen LogP contribution in [0.25, 0.3) is 0 Å². The summed E-state index contributed by atoms with van der Waals surface area (Å²) in [5.74, 6) is 2.06. The van der Waals surface area contributed by atoms with Gasteiger partial charge in [0.1, 0.15) is 0 Å². The molecule has 88 valence electrons. The second-order valence-corrected chi connectivity index (χ2v) is 9.90. The van der Waals surface area contributed by atoms with Gasteiger partial charge in [-0.2, -0.15) is 0 Å². The summed E-state index contributed by atoms with van der Waals surface area (Å²) in [6.45, 7) is 8.36. The van der Waals surface area contributed by atoms with Gasteiger partial charge in [0, 0.05) is 0 Å². The van der Waals surface area contributed by atoms with Crippen molar-refractivity contribution in [2.75, 3.05) is 6.54 Å². The number of hydrogen-bond donors (Lipinski definition) is 1. The molecular formula is C13H23IN-. The Morgan fingerprint density at radius 2 is 2.13 bits per heavy atom. The average molecular weight is 320 g/mol. The average Bonchev–Trinajstić information content (AvgIpc) is 3.06. The Kier molecular flexibility index (Phi) is 3.97. The van der Waals surface area contributed by atoms with E-state index in [2.05, 4.69) is 32.3 Å². The molecule has 2 fully saturated rings. The molecule has 2 saturated carbocycles.